The van der Waals surface area contributed by atoms with Crippen molar-refractivity contribution in [2.75, 3.05) is 6.54 Å². The number of hydrogen-bond donors (Lipinski definition) is 0. The largest absolute Gasteiger partial charge is 0.456 e. The molecule has 0 N–H and O–H groups in total. The first kappa shape index (κ1) is 20.5. The van der Waals surface area contributed by atoms with E-state index >= 15 is 0 Å². The van der Waals surface area contributed by atoms with Crippen LogP contribution in [-0.4, -0.2) is 32.4 Å². The highest BCUT2D eigenvalue weighted by Gasteiger charge is 2.32. The maximum Gasteiger partial charge on any atom is 0.280 e. The normalized spacial score (nSPS) is 16.5. The minimum absolute atomic E-state index is 0.0261. The van der Waals surface area contributed by atoms with Crippen LogP contribution in [-0.2, 0) is 4.79 Å². The summed E-state index contributed by atoms with van der Waals surface area (Å²) in [6.07, 6.45) is 3.27. The van der Waals surface area contributed by atoms with Crippen molar-refractivity contribution >= 4 is 40.4 Å². The molecule has 0 spiro atoms. The molecule has 0 unspecified atom stereocenters. The van der Waals surface area contributed by atoms with Gasteiger partial charge in [0.15, 0.2) is 11.0 Å². The van der Waals surface area contributed by atoms with Crippen LogP contribution in [0.15, 0.2) is 69.0 Å². The van der Waals surface area contributed by atoms with Gasteiger partial charge in [-0.3, -0.25) is 19.8 Å². The molecular formula is C22H18N4O4S. The van der Waals surface area contributed by atoms with Crippen molar-refractivity contribution in [1.29, 1.82) is 0 Å². The molecule has 1 amide bonds. The number of nitro benzene ring substituents is 1. The van der Waals surface area contributed by atoms with Gasteiger partial charge in [-0.15, -0.1) is 0 Å². The number of thioether (sulfide) groups is 1. The van der Waals surface area contributed by atoms with E-state index in [9.17, 15) is 14.9 Å². The molecule has 156 valence electrons. The van der Waals surface area contributed by atoms with E-state index in [2.05, 4.69) is 9.98 Å². The number of benzene rings is 1. The monoisotopic (exact) mass is 434 g/mol. The summed E-state index contributed by atoms with van der Waals surface area (Å²) in [7, 11) is 0. The fourth-order valence-electron chi connectivity index (χ4n) is 3.09. The number of aliphatic imine (C=N–C) groups is 1. The molecular weight excluding hydrogens is 416 g/mol. The number of aromatic nitrogens is 1. The lowest BCUT2D eigenvalue weighted by atomic mass is 10.1. The number of aryl methyl sites for hydroxylation is 1. The summed E-state index contributed by atoms with van der Waals surface area (Å²) in [6.45, 7) is 4.13. The van der Waals surface area contributed by atoms with Crippen molar-refractivity contribution in [2.24, 2.45) is 4.99 Å². The Labute approximate surface area is 182 Å². The highest BCUT2D eigenvalue weighted by Crippen LogP contribution is 2.36. The van der Waals surface area contributed by atoms with Gasteiger partial charge in [-0.05, 0) is 61.5 Å². The first-order valence-corrected chi connectivity index (χ1v) is 10.3. The molecule has 31 heavy (non-hydrogen) atoms. The lowest BCUT2D eigenvalue weighted by molar-refractivity contribution is -0.384. The van der Waals surface area contributed by atoms with E-state index in [1.54, 1.807) is 60.5 Å². The summed E-state index contributed by atoms with van der Waals surface area (Å²) in [4.78, 5) is 34.5. The van der Waals surface area contributed by atoms with Crippen molar-refractivity contribution in [3.8, 4) is 11.3 Å². The average Bonchev–Trinajstić information content (AvgIpc) is 3.33. The van der Waals surface area contributed by atoms with Crippen molar-refractivity contribution in [1.82, 2.24) is 9.88 Å². The summed E-state index contributed by atoms with van der Waals surface area (Å²) < 4.78 is 5.82. The summed E-state index contributed by atoms with van der Waals surface area (Å²) in [5.41, 5.74) is 1.15. The maximum absolute atomic E-state index is 12.8. The van der Waals surface area contributed by atoms with Crippen LogP contribution in [0.4, 0.5) is 11.5 Å². The van der Waals surface area contributed by atoms with E-state index in [-0.39, 0.29) is 11.6 Å². The van der Waals surface area contributed by atoms with E-state index in [4.69, 9.17) is 4.42 Å². The van der Waals surface area contributed by atoms with Gasteiger partial charge in [0.05, 0.1) is 15.4 Å². The number of hydrogen-bond acceptors (Lipinski definition) is 7. The molecule has 0 saturated carbocycles. The SMILES string of the molecule is CCN1C(=O)/C(=C\c2ccc(-c3ccc(C)cc3[N+](=O)[O-])o2)S/C1=N/c1ccccn1. The molecule has 0 atom stereocenters. The summed E-state index contributed by atoms with van der Waals surface area (Å²) in [5.74, 6) is 1.13. The summed E-state index contributed by atoms with van der Waals surface area (Å²) >= 11 is 1.24. The zero-order chi connectivity index (χ0) is 22.0. The van der Waals surface area contributed by atoms with Gasteiger partial charge in [-0.1, -0.05) is 12.1 Å². The quantitative estimate of drug-likeness (QED) is 0.311. The van der Waals surface area contributed by atoms with Gasteiger partial charge in [0.2, 0.25) is 0 Å². The van der Waals surface area contributed by atoms with E-state index in [1.807, 2.05) is 13.0 Å². The van der Waals surface area contributed by atoms with E-state index in [1.165, 1.54) is 17.8 Å². The van der Waals surface area contributed by atoms with Gasteiger partial charge in [-0.2, -0.15) is 0 Å². The topological polar surface area (TPSA) is 102 Å². The van der Waals surface area contributed by atoms with E-state index < -0.39 is 4.92 Å². The smallest absolute Gasteiger partial charge is 0.280 e. The Hall–Kier alpha value is -3.72. The van der Waals surface area contributed by atoms with Crippen LogP contribution in [0.5, 0.6) is 0 Å². The fourth-order valence-corrected chi connectivity index (χ4v) is 4.12. The molecule has 1 aromatic carbocycles. The lowest BCUT2D eigenvalue weighted by Crippen LogP contribution is -2.28. The second-order valence-electron chi connectivity index (χ2n) is 6.72. The van der Waals surface area contributed by atoms with Crippen LogP contribution >= 0.6 is 11.8 Å². The second-order valence-corrected chi connectivity index (χ2v) is 7.73. The number of likely N-dealkylation sites (N-methyl/N-ethyl adjacent to an activating group) is 1. The van der Waals surface area contributed by atoms with Crippen molar-refractivity contribution in [3.05, 3.63) is 81.1 Å². The standard InChI is InChI=1S/C22H18N4O4S/c1-3-25-21(27)19(31-22(25)24-20-6-4-5-11-23-20)13-15-8-10-18(30-15)16-9-7-14(2)12-17(16)26(28)29/h4-13H,3H2,1-2H3/b19-13+,24-22+. The molecule has 0 aliphatic carbocycles. The Morgan fingerprint density at radius 3 is 2.81 bits per heavy atom. The lowest BCUT2D eigenvalue weighted by Gasteiger charge is -2.11. The Bertz CT molecular complexity index is 1220. The number of nitro groups is 1. The van der Waals surface area contributed by atoms with Gasteiger partial charge >= 0.3 is 0 Å². The highest BCUT2D eigenvalue weighted by atomic mass is 32.2. The van der Waals surface area contributed by atoms with Crippen LogP contribution in [0.25, 0.3) is 17.4 Å². The number of rotatable bonds is 5. The Morgan fingerprint density at radius 1 is 1.26 bits per heavy atom. The molecule has 1 fully saturated rings. The number of furan rings is 1. The maximum atomic E-state index is 12.8. The van der Waals surface area contributed by atoms with Crippen molar-refractivity contribution in [3.63, 3.8) is 0 Å². The second kappa shape index (κ2) is 8.57. The minimum Gasteiger partial charge on any atom is -0.456 e. The molecule has 3 aromatic rings. The van der Waals surface area contributed by atoms with E-state index in [0.29, 0.717) is 39.5 Å². The Morgan fingerprint density at radius 2 is 2.10 bits per heavy atom. The molecule has 1 aliphatic rings. The fraction of sp³-hybridized carbons (Fsp3) is 0.136. The van der Waals surface area contributed by atoms with Crippen LogP contribution in [0, 0.1) is 17.0 Å². The molecule has 2 aromatic heterocycles. The molecule has 9 heteroatoms. The average molecular weight is 434 g/mol. The van der Waals surface area contributed by atoms with Crippen LogP contribution < -0.4 is 0 Å². The molecule has 0 bridgehead atoms. The zero-order valence-electron chi connectivity index (χ0n) is 16.8. The molecule has 8 nitrogen and oxygen atoms in total. The first-order valence-electron chi connectivity index (χ1n) is 9.52. The third-order valence-electron chi connectivity index (χ3n) is 4.58. The number of amidine groups is 1. The zero-order valence-corrected chi connectivity index (χ0v) is 17.6. The van der Waals surface area contributed by atoms with E-state index in [0.717, 1.165) is 5.56 Å². The first-order chi connectivity index (χ1) is 15.0. The van der Waals surface area contributed by atoms with Gasteiger partial charge in [0.1, 0.15) is 11.5 Å². The van der Waals surface area contributed by atoms with Gasteiger partial charge in [-0.25, -0.2) is 9.98 Å². The minimum atomic E-state index is -0.432. The third-order valence-corrected chi connectivity index (χ3v) is 5.59. The number of pyridine rings is 1. The van der Waals surface area contributed by atoms with Gasteiger partial charge < -0.3 is 4.42 Å². The molecule has 1 saturated heterocycles. The number of nitrogens with zero attached hydrogens (tertiary/aromatic N) is 4. The van der Waals surface area contributed by atoms with Crippen molar-refractivity contribution < 1.29 is 14.1 Å². The number of amides is 1. The molecule has 4 rings (SSSR count). The van der Waals surface area contributed by atoms with Gasteiger partial charge in [0, 0.05) is 24.9 Å². The van der Waals surface area contributed by atoms with Crippen LogP contribution in [0.3, 0.4) is 0 Å². The number of carbonyl (C=O) groups is 1. The molecule has 1 aliphatic heterocycles. The predicted molar refractivity (Wildman–Crippen MR) is 120 cm³/mol. The Balaban J connectivity index is 1.65. The predicted octanol–water partition coefficient (Wildman–Crippen LogP) is 5.18. The van der Waals surface area contributed by atoms with Crippen LogP contribution in [0.2, 0.25) is 0 Å². The van der Waals surface area contributed by atoms with Crippen LogP contribution in [0.1, 0.15) is 18.2 Å². The van der Waals surface area contributed by atoms with Crippen molar-refractivity contribution in [2.45, 2.75) is 13.8 Å². The number of carbonyl (C=O) groups excluding carboxylic acids is 1. The van der Waals surface area contributed by atoms with Gasteiger partial charge in [0.25, 0.3) is 11.6 Å². The molecule has 3 heterocycles. The Kier molecular flexibility index (Phi) is 5.68. The third kappa shape index (κ3) is 4.26. The highest BCUT2D eigenvalue weighted by molar-refractivity contribution is 8.18. The molecule has 0 radical (unpaired) electrons. The summed E-state index contributed by atoms with van der Waals surface area (Å²) in [5, 5.41) is 12.0. The summed E-state index contributed by atoms with van der Waals surface area (Å²) in [6, 6.07) is 13.7.